The van der Waals surface area contributed by atoms with Crippen LogP contribution in [0.4, 0.5) is 10.1 Å². The number of hydrogen-bond acceptors (Lipinski definition) is 4. The molecule has 1 amide bonds. The fourth-order valence-electron chi connectivity index (χ4n) is 4.92. The second-order valence-corrected chi connectivity index (χ2v) is 8.68. The highest BCUT2D eigenvalue weighted by Gasteiger charge is 2.40. The molecule has 1 aliphatic carbocycles. The number of carbonyl (C=O) groups excluding carboxylic acids is 2. The fourth-order valence-corrected chi connectivity index (χ4v) is 4.92. The van der Waals surface area contributed by atoms with Gasteiger partial charge in [0.25, 0.3) is 5.91 Å². The molecule has 1 aliphatic heterocycles. The molecule has 0 unspecified atom stereocenters. The van der Waals surface area contributed by atoms with Crippen molar-refractivity contribution in [3.8, 4) is 0 Å². The van der Waals surface area contributed by atoms with Crippen LogP contribution in [-0.2, 0) is 9.59 Å². The first-order valence-electron chi connectivity index (χ1n) is 11.3. The summed E-state index contributed by atoms with van der Waals surface area (Å²) in [5.74, 6) is -1.22. The lowest BCUT2D eigenvalue weighted by molar-refractivity contribution is -0.116. The largest absolute Gasteiger partial charge is 0.362 e. The summed E-state index contributed by atoms with van der Waals surface area (Å²) in [6.45, 7) is 1.84. The van der Waals surface area contributed by atoms with Gasteiger partial charge in [0.2, 0.25) is 0 Å². The van der Waals surface area contributed by atoms with Crippen molar-refractivity contribution in [2.75, 3.05) is 5.32 Å². The second-order valence-electron chi connectivity index (χ2n) is 8.68. The van der Waals surface area contributed by atoms with Crippen LogP contribution in [0, 0.1) is 5.82 Å². The van der Waals surface area contributed by atoms with Crippen molar-refractivity contribution >= 4 is 17.4 Å². The number of nitrogens with one attached hydrogen (secondary N) is 2. The molecular formula is C28H24FN3O2. The molecule has 5 rings (SSSR count). The molecule has 3 aromatic rings. The molecule has 2 heterocycles. The molecular weight excluding hydrogens is 429 g/mol. The van der Waals surface area contributed by atoms with Crippen LogP contribution in [0.15, 0.2) is 102 Å². The zero-order valence-electron chi connectivity index (χ0n) is 18.7. The van der Waals surface area contributed by atoms with Crippen molar-refractivity contribution in [1.82, 2.24) is 10.3 Å². The molecule has 2 aliphatic rings. The Balaban J connectivity index is 1.56. The third kappa shape index (κ3) is 4.15. The summed E-state index contributed by atoms with van der Waals surface area (Å²) in [5, 5.41) is 6.26. The van der Waals surface area contributed by atoms with Crippen molar-refractivity contribution in [3.05, 3.63) is 119 Å². The summed E-state index contributed by atoms with van der Waals surface area (Å²) >= 11 is 0. The minimum atomic E-state index is -0.585. The number of aromatic nitrogens is 1. The van der Waals surface area contributed by atoms with Gasteiger partial charge in [-0.05, 0) is 54.7 Å². The summed E-state index contributed by atoms with van der Waals surface area (Å²) in [4.78, 5) is 31.1. The van der Waals surface area contributed by atoms with Crippen LogP contribution < -0.4 is 10.6 Å². The number of ketones is 1. The van der Waals surface area contributed by atoms with Gasteiger partial charge in [-0.3, -0.25) is 14.6 Å². The van der Waals surface area contributed by atoms with E-state index in [1.54, 1.807) is 36.7 Å². The molecule has 0 spiro atoms. The van der Waals surface area contributed by atoms with Gasteiger partial charge >= 0.3 is 0 Å². The Kier molecular flexibility index (Phi) is 5.80. The van der Waals surface area contributed by atoms with Gasteiger partial charge in [-0.15, -0.1) is 0 Å². The number of anilines is 1. The van der Waals surface area contributed by atoms with Gasteiger partial charge in [0.15, 0.2) is 5.78 Å². The summed E-state index contributed by atoms with van der Waals surface area (Å²) in [5.41, 5.74) is 4.92. The number of dihydropyridines is 1. The number of halogens is 1. The van der Waals surface area contributed by atoms with E-state index in [-0.39, 0.29) is 23.4 Å². The number of hydrogen-bond donors (Lipinski definition) is 2. The lowest BCUT2D eigenvalue weighted by atomic mass is 9.71. The maximum Gasteiger partial charge on any atom is 0.254 e. The molecule has 0 bridgehead atoms. The van der Waals surface area contributed by atoms with Gasteiger partial charge in [-0.25, -0.2) is 4.39 Å². The molecule has 34 heavy (non-hydrogen) atoms. The molecule has 0 fully saturated rings. The van der Waals surface area contributed by atoms with E-state index < -0.39 is 5.92 Å². The smallest absolute Gasteiger partial charge is 0.254 e. The number of Topliss-reactive ketones (excluding diaryl/α,β-unsaturated/α-hetero) is 1. The molecule has 0 saturated carbocycles. The molecule has 5 nitrogen and oxygen atoms in total. The molecule has 0 saturated heterocycles. The van der Waals surface area contributed by atoms with Crippen LogP contribution in [0.1, 0.15) is 42.7 Å². The number of allylic oxidation sites excluding steroid dienone is 3. The molecule has 6 heteroatoms. The monoisotopic (exact) mass is 453 g/mol. The summed E-state index contributed by atoms with van der Waals surface area (Å²) in [6.07, 6.45) is 4.22. The Hall–Kier alpha value is -4.06. The third-order valence-electron chi connectivity index (χ3n) is 6.47. The molecule has 170 valence electrons. The maximum absolute atomic E-state index is 13.7. The Labute approximate surface area is 197 Å². The SMILES string of the molecule is CC1=C(C(=O)Nc2cccnc2)[C@@H](c2ccc(F)cc2)C2=C(C[C@H](c3ccccc3)CC2=O)N1. The average molecular weight is 454 g/mol. The highest BCUT2D eigenvalue weighted by atomic mass is 19.1. The number of nitrogens with zero attached hydrogens (tertiary/aromatic N) is 1. The lowest BCUT2D eigenvalue weighted by Gasteiger charge is -2.37. The minimum Gasteiger partial charge on any atom is -0.362 e. The number of benzene rings is 2. The minimum absolute atomic E-state index is 0.00361. The van der Waals surface area contributed by atoms with E-state index in [2.05, 4.69) is 15.6 Å². The van der Waals surface area contributed by atoms with E-state index in [0.717, 1.165) is 11.3 Å². The number of amides is 1. The Morgan fingerprint density at radius 3 is 2.47 bits per heavy atom. The van der Waals surface area contributed by atoms with E-state index >= 15 is 0 Å². The van der Waals surface area contributed by atoms with E-state index in [0.29, 0.717) is 40.9 Å². The summed E-state index contributed by atoms with van der Waals surface area (Å²) in [7, 11) is 0. The summed E-state index contributed by atoms with van der Waals surface area (Å²) in [6, 6.07) is 19.5. The Bertz CT molecular complexity index is 1300. The standard InChI is InChI=1S/C28H24FN3O2/c1-17-25(28(34)32-22-8-5-13-30-16-22)26(19-9-11-21(29)12-10-19)27-23(31-17)14-20(15-24(27)33)18-6-3-2-4-7-18/h2-13,16,20,26,31H,14-15H2,1H3,(H,32,34)/t20-,26+/m0/s1. The van der Waals surface area contributed by atoms with Gasteiger partial charge < -0.3 is 10.6 Å². The van der Waals surface area contributed by atoms with Crippen LogP contribution >= 0.6 is 0 Å². The zero-order chi connectivity index (χ0) is 23.7. The first-order chi connectivity index (χ1) is 16.5. The van der Waals surface area contributed by atoms with Crippen molar-refractivity contribution < 1.29 is 14.0 Å². The zero-order valence-corrected chi connectivity index (χ0v) is 18.7. The maximum atomic E-state index is 13.7. The predicted molar refractivity (Wildman–Crippen MR) is 128 cm³/mol. The quantitative estimate of drug-likeness (QED) is 0.568. The number of pyridine rings is 1. The van der Waals surface area contributed by atoms with Gasteiger partial charge in [0.1, 0.15) is 5.82 Å². The van der Waals surface area contributed by atoms with E-state index in [1.165, 1.54) is 12.1 Å². The second kappa shape index (κ2) is 9.06. The average Bonchev–Trinajstić information content (AvgIpc) is 2.84. The van der Waals surface area contributed by atoms with Crippen molar-refractivity contribution in [2.45, 2.75) is 31.6 Å². The highest BCUT2D eigenvalue weighted by molar-refractivity contribution is 6.09. The lowest BCUT2D eigenvalue weighted by Crippen LogP contribution is -2.37. The van der Waals surface area contributed by atoms with Gasteiger partial charge in [0, 0.05) is 41.1 Å². The molecule has 2 atom stereocenters. The molecule has 2 N–H and O–H groups in total. The molecule has 0 radical (unpaired) electrons. The van der Waals surface area contributed by atoms with Crippen LogP contribution in [0.3, 0.4) is 0 Å². The Morgan fingerprint density at radius 1 is 1.00 bits per heavy atom. The van der Waals surface area contributed by atoms with Crippen LogP contribution in [0.25, 0.3) is 0 Å². The highest BCUT2D eigenvalue weighted by Crippen LogP contribution is 2.45. The molecule has 2 aromatic carbocycles. The predicted octanol–water partition coefficient (Wildman–Crippen LogP) is 5.22. The van der Waals surface area contributed by atoms with Crippen molar-refractivity contribution in [2.24, 2.45) is 0 Å². The first-order valence-corrected chi connectivity index (χ1v) is 11.3. The first kappa shape index (κ1) is 21.8. The van der Waals surface area contributed by atoms with Crippen molar-refractivity contribution in [1.29, 1.82) is 0 Å². The van der Waals surface area contributed by atoms with E-state index in [1.807, 2.05) is 37.3 Å². The van der Waals surface area contributed by atoms with Crippen LogP contribution in [0.2, 0.25) is 0 Å². The Morgan fingerprint density at radius 2 is 1.76 bits per heavy atom. The van der Waals surface area contributed by atoms with Gasteiger partial charge in [-0.2, -0.15) is 0 Å². The van der Waals surface area contributed by atoms with E-state index in [9.17, 15) is 14.0 Å². The normalized spacial score (nSPS) is 20.0. The van der Waals surface area contributed by atoms with Gasteiger partial charge in [0.05, 0.1) is 11.9 Å². The van der Waals surface area contributed by atoms with Crippen LogP contribution in [-0.4, -0.2) is 16.7 Å². The van der Waals surface area contributed by atoms with Crippen LogP contribution in [0.5, 0.6) is 0 Å². The third-order valence-corrected chi connectivity index (χ3v) is 6.47. The molecule has 1 aromatic heterocycles. The van der Waals surface area contributed by atoms with Gasteiger partial charge in [-0.1, -0.05) is 42.5 Å². The number of carbonyl (C=O) groups is 2. The van der Waals surface area contributed by atoms with Crippen molar-refractivity contribution in [3.63, 3.8) is 0 Å². The topological polar surface area (TPSA) is 71.1 Å². The fraction of sp³-hybridized carbons (Fsp3) is 0.179. The number of rotatable bonds is 4. The summed E-state index contributed by atoms with van der Waals surface area (Å²) < 4.78 is 13.7. The van der Waals surface area contributed by atoms with E-state index in [4.69, 9.17) is 0 Å².